The topological polar surface area (TPSA) is 141 Å². The molecule has 10 nitrogen and oxygen atoms in total. The summed E-state index contributed by atoms with van der Waals surface area (Å²) in [6.07, 6.45) is 6.95. The second-order valence-corrected chi connectivity index (χ2v) is 7.50. The number of esters is 1. The molecular weight excluding hydrogens is 511 g/mol. The van der Waals surface area contributed by atoms with Crippen molar-refractivity contribution in [2.24, 2.45) is 0 Å². The van der Waals surface area contributed by atoms with Gasteiger partial charge in [-0.2, -0.15) is 0 Å². The second kappa shape index (κ2) is 17.8. The Hall–Kier alpha value is -3.60. The Morgan fingerprint density at radius 2 is 1.44 bits per heavy atom. The predicted octanol–water partition coefficient (Wildman–Crippen LogP) is 4.19. The van der Waals surface area contributed by atoms with E-state index in [9.17, 15) is 14.4 Å². The van der Waals surface area contributed by atoms with E-state index in [1.54, 1.807) is 31.3 Å². The van der Waals surface area contributed by atoms with Crippen molar-refractivity contribution >= 4 is 41.0 Å². The van der Waals surface area contributed by atoms with E-state index in [0.717, 1.165) is 13.2 Å². The molecule has 4 rings (SSSR count). The van der Waals surface area contributed by atoms with Gasteiger partial charge in [0.1, 0.15) is 17.1 Å². The molecule has 36 heavy (non-hydrogen) atoms. The van der Waals surface area contributed by atoms with Gasteiger partial charge >= 0.3 is 11.9 Å². The van der Waals surface area contributed by atoms with Crippen LogP contribution in [0.2, 0.25) is 10.0 Å². The largest absolute Gasteiger partial charge is 0.477 e. The van der Waals surface area contributed by atoms with Crippen LogP contribution in [-0.2, 0) is 9.47 Å². The maximum atomic E-state index is 10.9. The van der Waals surface area contributed by atoms with Crippen molar-refractivity contribution < 1.29 is 29.0 Å². The molecule has 192 valence electrons. The minimum atomic E-state index is -0.990. The normalized spacial score (nSPS) is 11.2. The molecule has 1 amide bonds. The fourth-order valence-electron chi connectivity index (χ4n) is 2.28. The van der Waals surface area contributed by atoms with Crippen LogP contribution in [0.4, 0.5) is 0 Å². The van der Waals surface area contributed by atoms with Gasteiger partial charge in [-0.3, -0.25) is 9.78 Å². The van der Waals surface area contributed by atoms with Gasteiger partial charge < -0.3 is 19.9 Å². The van der Waals surface area contributed by atoms with Crippen LogP contribution >= 0.6 is 23.2 Å². The first-order valence-electron chi connectivity index (χ1n) is 10.5. The predicted molar refractivity (Wildman–Crippen MR) is 134 cm³/mol. The quantitative estimate of drug-likeness (QED) is 0.471. The van der Waals surface area contributed by atoms with Crippen molar-refractivity contribution in [1.82, 2.24) is 20.3 Å². The molecule has 4 heterocycles. The van der Waals surface area contributed by atoms with Crippen molar-refractivity contribution in [2.45, 2.75) is 12.8 Å². The molecule has 1 saturated heterocycles. The Balaban J connectivity index is 0.000000247. The van der Waals surface area contributed by atoms with Crippen LogP contribution in [0.5, 0.6) is 0 Å². The molecule has 0 saturated carbocycles. The van der Waals surface area contributed by atoms with E-state index in [1.807, 2.05) is 0 Å². The summed E-state index contributed by atoms with van der Waals surface area (Å²) >= 11 is 11.2. The Bertz CT molecular complexity index is 1030. The van der Waals surface area contributed by atoms with Crippen molar-refractivity contribution in [3.05, 3.63) is 88.2 Å². The minimum absolute atomic E-state index is 0.0810. The lowest BCUT2D eigenvalue weighted by Gasteiger charge is -1.97. The lowest BCUT2D eigenvalue weighted by atomic mass is 10.3. The van der Waals surface area contributed by atoms with E-state index in [1.165, 1.54) is 56.7 Å². The summed E-state index contributed by atoms with van der Waals surface area (Å²) < 4.78 is 9.38. The number of methoxy groups -OCH3 is 1. The molecule has 0 unspecified atom stereocenters. The van der Waals surface area contributed by atoms with Crippen LogP contribution in [0.25, 0.3) is 0 Å². The monoisotopic (exact) mass is 536 g/mol. The van der Waals surface area contributed by atoms with Gasteiger partial charge in [-0.1, -0.05) is 29.3 Å². The number of ether oxygens (including phenoxy) is 2. The first-order chi connectivity index (χ1) is 17.3. The smallest absolute Gasteiger partial charge is 0.356 e. The molecule has 1 aliphatic rings. The molecule has 2 N–H and O–H groups in total. The SMILES string of the molecule is C1CCOC1.CNC(=O)c1cc(Cl)ccn1.COC(=O)c1cc(Cl)ccn1.O=C(O)c1ccccn1. The van der Waals surface area contributed by atoms with Gasteiger partial charge in [-0.25, -0.2) is 19.6 Å². The van der Waals surface area contributed by atoms with E-state index in [2.05, 4.69) is 25.0 Å². The summed E-state index contributed by atoms with van der Waals surface area (Å²) in [4.78, 5) is 43.0. The molecule has 0 aliphatic carbocycles. The van der Waals surface area contributed by atoms with E-state index in [0.29, 0.717) is 15.7 Å². The number of aromatic nitrogens is 3. The van der Waals surface area contributed by atoms with Gasteiger partial charge in [0.25, 0.3) is 5.91 Å². The molecule has 1 fully saturated rings. The highest BCUT2D eigenvalue weighted by Crippen LogP contribution is 2.08. The van der Waals surface area contributed by atoms with Crippen molar-refractivity contribution in [3.63, 3.8) is 0 Å². The molecule has 3 aromatic rings. The number of pyridine rings is 3. The van der Waals surface area contributed by atoms with Crippen LogP contribution in [0.3, 0.4) is 0 Å². The Kier molecular flexibility index (Phi) is 15.0. The van der Waals surface area contributed by atoms with E-state index in [-0.39, 0.29) is 17.3 Å². The third-order valence-corrected chi connectivity index (χ3v) is 4.48. The van der Waals surface area contributed by atoms with Gasteiger partial charge in [0.05, 0.1) is 7.11 Å². The summed E-state index contributed by atoms with van der Waals surface area (Å²) in [6, 6.07) is 10.9. The highest BCUT2D eigenvalue weighted by molar-refractivity contribution is 6.31. The molecule has 0 spiro atoms. The third kappa shape index (κ3) is 12.7. The first-order valence-corrected chi connectivity index (χ1v) is 11.3. The Labute approximate surface area is 218 Å². The molecule has 0 atom stereocenters. The number of rotatable bonds is 3. The molecule has 0 radical (unpaired) electrons. The first kappa shape index (κ1) is 30.4. The summed E-state index contributed by atoms with van der Waals surface area (Å²) in [7, 11) is 2.84. The van der Waals surface area contributed by atoms with Gasteiger partial charge in [0.2, 0.25) is 0 Å². The summed E-state index contributed by atoms with van der Waals surface area (Å²) in [5.41, 5.74) is 0.637. The van der Waals surface area contributed by atoms with Gasteiger partial charge in [-0.15, -0.1) is 0 Å². The molecule has 0 aromatic carbocycles. The van der Waals surface area contributed by atoms with Crippen LogP contribution in [0, 0.1) is 0 Å². The number of aromatic carboxylic acids is 1. The third-order valence-electron chi connectivity index (χ3n) is 4.01. The van der Waals surface area contributed by atoms with Crippen LogP contribution < -0.4 is 5.32 Å². The zero-order valence-corrected chi connectivity index (χ0v) is 21.2. The zero-order chi connectivity index (χ0) is 26.8. The van der Waals surface area contributed by atoms with Crippen LogP contribution in [-0.4, -0.2) is 65.3 Å². The zero-order valence-electron chi connectivity index (χ0n) is 19.7. The molecule has 3 aromatic heterocycles. The lowest BCUT2D eigenvalue weighted by Crippen LogP contribution is -2.18. The number of halogens is 2. The Morgan fingerprint density at radius 1 is 0.889 bits per heavy atom. The number of nitrogens with one attached hydrogen (secondary N) is 1. The van der Waals surface area contributed by atoms with Crippen molar-refractivity contribution in [1.29, 1.82) is 0 Å². The number of carbonyl (C=O) groups excluding carboxylic acids is 2. The average Bonchev–Trinajstić information content (AvgIpc) is 3.49. The number of carboxylic acids is 1. The molecule has 0 bridgehead atoms. The number of hydrogen-bond acceptors (Lipinski definition) is 8. The van der Waals surface area contributed by atoms with E-state index in [4.69, 9.17) is 33.0 Å². The molecule has 1 aliphatic heterocycles. The number of hydrogen-bond donors (Lipinski definition) is 2. The lowest BCUT2D eigenvalue weighted by molar-refractivity contribution is 0.0593. The molecule has 12 heteroatoms. The maximum absolute atomic E-state index is 10.9. The number of nitrogens with zero attached hydrogens (tertiary/aromatic N) is 3. The summed E-state index contributed by atoms with van der Waals surface area (Å²) in [5.74, 6) is -1.70. The van der Waals surface area contributed by atoms with Crippen molar-refractivity contribution in [2.75, 3.05) is 27.4 Å². The average molecular weight is 537 g/mol. The van der Waals surface area contributed by atoms with Crippen LogP contribution in [0.1, 0.15) is 44.3 Å². The summed E-state index contributed by atoms with van der Waals surface area (Å²) in [5, 5.41) is 11.8. The maximum Gasteiger partial charge on any atom is 0.356 e. The van der Waals surface area contributed by atoms with Gasteiger partial charge in [0, 0.05) is 48.9 Å². The summed E-state index contributed by atoms with van der Waals surface area (Å²) in [6.45, 7) is 2.00. The Morgan fingerprint density at radius 3 is 1.83 bits per heavy atom. The number of carboxylic acid groups (broad SMARTS) is 1. The van der Waals surface area contributed by atoms with Crippen LogP contribution in [0.15, 0.2) is 61.1 Å². The van der Waals surface area contributed by atoms with Crippen molar-refractivity contribution in [3.8, 4) is 0 Å². The fraction of sp³-hybridized carbons (Fsp3) is 0.250. The van der Waals surface area contributed by atoms with E-state index < -0.39 is 11.9 Å². The van der Waals surface area contributed by atoms with Gasteiger partial charge in [-0.05, 0) is 49.2 Å². The second-order valence-electron chi connectivity index (χ2n) is 6.63. The standard InChI is InChI=1S/C7H7ClN2O.C7H6ClNO2.C6H5NO2.C4H8O/c1-9-7(11)6-4-5(8)2-3-10-6;1-11-7(10)6-4-5(8)2-3-9-6;8-6(9)5-3-1-2-4-7-5;1-2-4-5-3-1/h2-4H,1H3,(H,9,11);2-4H,1H3;1-4H,(H,8,9);1-4H2. The minimum Gasteiger partial charge on any atom is -0.477 e. The molecular formula is C24H26Cl2N4O6. The van der Waals surface area contributed by atoms with E-state index >= 15 is 0 Å². The highest BCUT2D eigenvalue weighted by atomic mass is 35.5. The fourth-order valence-corrected chi connectivity index (χ4v) is 2.60. The van der Waals surface area contributed by atoms with Gasteiger partial charge in [0.15, 0.2) is 0 Å². The number of amides is 1. The number of carbonyl (C=O) groups is 3. The highest BCUT2D eigenvalue weighted by Gasteiger charge is 2.06.